The summed E-state index contributed by atoms with van der Waals surface area (Å²) >= 11 is 0. The van der Waals surface area contributed by atoms with Gasteiger partial charge in [0.1, 0.15) is 17.8 Å². The smallest absolute Gasteiger partial charge is 0.378 e. The SMILES string of the molecule is C=C(/C(=C\N=C(C)NC(N)=O)c1cc(N2CC[C@H](F)C2)nc(N2CCOCC2)n1)C(F)(F)F. The fourth-order valence-electron chi connectivity index (χ4n) is 3.38. The normalized spacial score (nSPS) is 20.2. The number of morpholine rings is 1. The Morgan fingerprint density at radius 3 is 2.58 bits per heavy atom. The van der Waals surface area contributed by atoms with Gasteiger partial charge in [-0.05, 0) is 13.3 Å². The van der Waals surface area contributed by atoms with E-state index in [9.17, 15) is 22.4 Å². The maximum absolute atomic E-state index is 13.8. The van der Waals surface area contributed by atoms with Gasteiger partial charge in [0.25, 0.3) is 0 Å². The number of amidine groups is 1. The summed E-state index contributed by atoms with van der Waals surface area (Å²) < 4.78 is 60.0. The first-order valence-electron chi connectivity index (χ1n) is 10.2. The zero-order valence-electron chi connectivity index (χ0n) is 18.0. The van der Waals surface area contributed by atoms with E-state index in [1.165, 1.54) is 13.0 Å². The minimum absolute atomic E-state index is 0.0162. The van der Waals surface area contributed by atoms with Crippen LogP contribution in [0.5, 0.6) is 0 Å². The van der Waals surface area contributed by atoms with Crippen LogP contribution >= 0.6 is 0 Å². The molecule has 0 radical (unpaired) electrons. The van der Waals surface area contributed by atoms with E-state index < -0.39 is 29.5 Å². The number of anilines is 2. The van der Waals surface area contributed by atoms with E-state index in [0.29, 0.717) is 45.1 Å². The Kier molecular flexibility index (Phi) is 7.51. The van der Waals surface area contributed by atoms with Crippen LogP contribution in [0.1, 0.15) is 19.0 Å². The third kappa shape index (κ3) is 6.40. The lowest BCUT2D eigenvalue weighted by Gasteiger charge is -2.28. The van der Waals surface area contributed by atoms with E-state index in [2.05, 4.69) is 26.9 Å². The van der Waals surface area contributed by atoms with Gasteiger partial charge in [-0.15, -0.1) is 0 Å². The van der Waals surface area contributed by atoms with Crippen molar-refractivity contribution in [2.75, 3.05) is 49.2 Å². The van der Waals surface area contributed by atoms with Crippen LogP contribution < -0.4 is 20.9 Å². The molecule has 1 aromatic rings. The highest BCUT2D eigenvalue weighted by atomic mass is 19.4. The van der Waals surface area contributed by atoms with E-state index >= 15 is 0 Å². The number of rotatable bonds is 5. The molecule has 0 saturated carbocycles. The van der Waals surface area contributed by atoms with Crippen LogP contribution in [0, 0.1) is 0 Å². The number of aromatic nitrogens is 2. The lowest BCUT2D eigenvalue weighted by molar-refractivity contribution is -0.0867. The van der Waals surface area contributed by atoms with Crippen molar-refractivity contribution in [3.05, 3.63) is 30.1 Å². The highest BCUT2D eigenvalue weighted by Crippen LogP contribution is 2.36. The van der Waals surface area contributed by atoms with Crippen molar-refractivity contribution in [3.8, 4) is 0 Å². The standard InChI is InChI=1S/C20H25F4N7O2/c1-12(20(22,23)24)15(10-26-13(2)27-18(25)32)16-9-17(31-4-3-14(21)11-31)29-19(28-16)30-5-7-33-8-6-30/h9-10,14H,1,3-8,11H2,2H3,(H3,25,26,27,32)/b15-10+/t14-/m0/s1. The molecule has 0 aromatic carbocycles. The Balaban J connectivity index is 2.10. The molecule has 1 aromatic heterocycles. The molecule has 13 heteroatoms. The molecule has 1 atom stereocenters. The third-order valence-electron chi connectivity index (χ3n) is 5.08. The number of aliphatic imine (C=N–C) groups is 1. The van der Waals surface area contributed by atoms with Crippen molar-refractivity contribution in [3.63, 3.8) is 0 Å². The molecule has 2 aliphatic heterocycles. The number of nitrogens with two attached hydrogens (primary N) is 1. The highest BCUT2D eigenvalue weighted by Gasteiger charge is 2.36. The first-order chi connectivity index (χ1) is 15.5. The van der Waals surface area contributed by atoms with Crippen molar-refractivity contribution in [1.82, 2.24) is 15.3 Å². The van der Waals surface area contributed by atoms with Crippen LogP contribution in [0.25, 0.3) is 5.57 Å². The number of hydrogen-bond donors (Lipinski definition) is 2. The van der Waals surface area contributed by atoms with E-state index in [-0.39, 0.29) is 24.0 Å². The second kappa shape index (κ2) is 10.1. The van der Waals surface area contributed by atoms with Gasteiger partial charge in [0.2, 0.25) is 5.95 Å². The number of amides is 2. The van der Waals surface area contributed by atoms with Crippen molar-refractivity contribution >= 4 is 29.2 Å². The number of hydrogen-bond acceptors (Lipinski definition) is 7. The van der Waals surface area contributed by atoms with Gasteiger partial charge >= 0.3 is 12.2 Å². The maximum atomic E-state index is 13.8. The Morgan fingerprint density at radius 2 is 2.00 bits per heavy atom. The van der Waals surface area contributed by atoms with Crippen LogP contribution in [0.15, 0.2) is 29.4 Å². The Labute approximate surface area is 188 Å². The number of primary amides is 1. The molecule has 3 rings (SSSR count). The minimum Gasteiger partial charge on any atom is -0.378 e. The molecule has 2 saturated heterocycles. The quantitative estimate of drug-likeness (QED) is 0.296. The summed E-state index contributed by atoms with van der Waals surface area (Å²) in [5, 5.41) is 2.18. The molecule has 0 bridgehead atoms. The molecule has 3 heterocycles. The fraction of sp³-hybridized carbons (Fsp3) is 0.500. The van der Waals surface area contributed by atoms with Crippen molar-refractivity contribution in [1.29, 1.82) is 0 Å². The number of alkyl halides is 4. The Hall–Kier alpha value is -3.22. The predicted octanol–water partition coefficient (Wildman–Crippen LogP) is 2.41. The van der Waals surface area contributed by atoms with Crippen LogP contribution in [-0.4, -0.2) is 73.6 Å². The Bertz CT molecular complexity index is 935. The van der Waals surface area contributed by atoms with E-state index in [0.717, 1.165) is 6.20 Å². The van der Waals surface area contributed by atoms with Crippen molar-refractivity contribution < 1.29 is 27.1 Å². The number of halogens is 4. The van der Waals surface area contributed by atoms with E-state index in [4.69, 9.17) is 10.5 Å². The van der Waals surface area contributed by atoms with E-state index in [1.807, 2.05) is 0 Å². The molecule has 9 nitrogen and oxygen atoms in total. The molecule has 0 aliphatic carbocycles. The largest absolute Gasteiger partial charge is 0.416 e. The number of urea groups is 1. The summed E-state index contributed by atoms with van der Waals surface area (Å²) in [6, 6.07) is 0.450. The van der Waals surface area contributed by atoms with Gasteiger partial charge in [-0.2, -0.15) is 18.2 Å². The molecule has 33 heavy (non-hydrogen) atoms. The lowest BCUT2D eigenvalue weighted by atomic mass is 10.0. The third-order valence-corrected chi connectivity index (χ3v) is 5.08. The van der Waals surface area contributed by atoms with Gasteiger partial charge in [-0.3, -0.25) is 5.32 Å². The molecule has 3 N–H and O–H groups in total. The molecule has 2 amide bonds. The van der Waals surface area contributed by atoms with Crippen LogP contribution in [0.4, 0.5) is 34.1 Å². The topological polar surface area (TPSA) is 109 Å². The summed E-state index contributed by atoms with van der Waals surface area (Å²) in [4.78, 5) is 27.2. The number of carbonyl (C=O) groups is 1. The summed E-state index contributed by atoms with van der Waals surface area (Å²) in [5.41, 5.74) is 3.35. The van der Waals surface area contributed by atoms with Crippen LogP contribution in [0.3, 0.4) is 0 Å². The lowest BCUT2D eigenvalue weighted by Crippen LogP contribution is -2.38. The zero-order valence-corrected chi connectivity index (χ0v) is 18.0. The molecular formula is C20H25F4N7O2. The maximum Gasteiger partial charge on any atom is 0.416 e. The monoisotopic (exact) mass is 471 g/mol. The molecule has 0 unspecified atom stereocenters. The average molecular weight is 471 g/mol. The molecule has 180 valence electrons. The molecule has 0 spiro atoms. The summed E-state index contributed by atoms with van der Waals surface area (Å²) in [7, 11) is 0. The number of nitrogens with zero attached hydrogens (tertiary/aromatic N) is 5. The first-order valence-corrected chi connectivity index (χ1v) is 10.2. The van der Waals surface area contributed by atoms with Gasteiger partial charge in [0.15, 0.2) is 0 Å². The van der Waals surface area contributed by atoms with E-state index in [1.54, 1.807) is 9.80 Å². The van der Waals surface area contributed by atoms with Gasteiger partial charge in [-0.25, -0.2) is 19.2 Å². The summed E-state index contributed by atoms with van der Waals surface area (Å²) in [6.07, 6.45) is -4.61. The number of nitrogens with one attached hydrogen (secondary N) is 1. The first kappa shape index (κ1) is 24.4. The van der Waals surface area contributed by atoms with Crippen LogP contribution in [-0.2, 0) is 4.74 Å². The molecule has 2 aliphatic rings. The molecular weight excluding hydrogens is 446 g/mol. The number of ether oxygens (including phenoxy) is 1. The summed E-state index contributed by atoms with van der Waals surface area (Å²) in [6.45, 7) is 6.74. The fourth-order valence-corrected chi connectivity index (χ4v) is 3.38. The van der Waals surface area contributed by atoms with Gasteiger partial charge in [0, 0.05) is 37.5 Å². The number of allylic oxidation sites excluding steroid dienone is 2. The molecule has 2 fully saturated rings. The number of carbonyl (C=O) groups excluding carboxylic acids is 1. The summed E-state index contributed by atoms with van der Waals surface area (Å²) in [5.74, 6) is 0.487. The zero-order chi connectivity index (χ0) is 24.2. The van der Waals surface area contributed by atoms with Crippen molar-refractivity contribution in [2.24, 2.45) is 10.7 Å². The van der Waals surface area contributed by atoms with Crippen molar-refractivity contribution in [2.45, 2.75) is 25.7 Å². The highest BCUT2D eigenvalue weighted by molar-refractivity contribution is 5.96. The minimum atomic E-state index is -4.77. The predicted molar refractivity (Wildman–Crippen MR) is 116 cm³/mol. The Morgan fingerprint density at radius 1 is 1.30 bits per heavy atom. The van der Waals surface area contributed by atoms with Gasteiger partial charge in [-0.1, -0.05) is 6.58 Å². The van der Waals surface area contributed by atoms with Gasteiger partial charge in [0.05, 0.1) is 31.0 Å². The second-order valence-electron chi connectivity index (χ2n) is 7.57. The van der Waals surface area contributed by atoms with Gasteiger partial charge < -0.3 is 20.3 Å². The average Bonchev–Trinajstić information content (AvgIpc) is 3.19. The second-order valence-corrected chi connectivity index (χ2v) is 7.57. The van der Waals surface area contributed by atoms with Crippen LogP contribution in [0.2, 0.25) is 0 Å².